The van der Waals surface area contributed by atoms with Crippen molar-refractivity contribution in [2.45, 2.75) is 37.8 Å². The Balaban J connectivity index is 1.67. The Morgan fingerprint density at radius 3 is 2.61 bits per heavy atom. The van der Waals surface area contributed by atoms with Crippen molar-refractivity contribution in [3.8, 4) is 0 Å². The lowest BCUT2D eigenvalue weighted by molar-refractivity contribution is 0.145. The first-order valence-electron chi connectivity index (χ1n) is 6.81. The zero-order valence-corrected chi connectivity index (χ0v) is 10.5. The molecular formula is C13H20N4O. The molecule has 0 radical (unpaired) electrons. The number of aliphatic hydroxyl groups is 1. The molecule has 0 unspecified atom stereocenters. The van der Waals surface area contributed by atoms with Gasteiger partial charge in [0.2, 0.25) is 0 Å². The summed E-state index contributed by atoms with van der Waals surface area (Å²) in [6.07, 6.45) is 7.65. The second-order valence-electron chi connectivity index (χ2n) is 5.17. The molecule has 1 aromatic rings. The van der Waals surface area contributed by atoms with Gasteiger partial charge in [0.1, 0.15) is 5.82 Å². The predicted octanol–water partition coefficient (Wildman–Crippen LogP) is 0.862. The largest absolute Gasteiger partial charge is 0.393 e. The van der Waals surface area contributed by atoms with Crippen molar-refractivity contribution >= 4 is 5.82 Å². The number of piperidine rings is 1. The van der Waals surface area contributed by atoms with Crippen molar-refractivity contribution in [3.05, 3.63) is 18.1 Å². The van der Waals surface area contributed by atoms with E-state index in [0.29, 0.717) is 6.04 Å². The smallest absolute Gasteiger partial charge is 0.147 e. The molecule has 1 aromatic heterocycles. The first-order chi connectivity index (χ1) is 8.83. The molecule has 98 valence electrons. The fourth-order valence-corrected chi connectivity index (χ4v) is 2.71. The van der Waals surface area contributed by atoms with Gasteiger partial charge < -0.3 is 15.3 Å². The molecule has 2 fully saturated rings. The van der Waals surface area contributed by atoms with Crippen LogP contribution in [0.5, 0.6) is 0 Å². The molecule has 0 bridgehead atoms. The topological polar surface area (TPSA) is 61.3 Å². The van der Waals surface area contributed by atoms with Gasteiger partial charge in [-0.1, -0.05) is 0 Å². The molecule has 5 nitrogen and oxygen atoms in total. The molecule has 0 aromatic carbocycles. The Morgan fingerprint density at radius 1 is 1.17 bits per heavy atom. The quantitative estimate of drug-likeness (QED) is 0.813. The van der Waals surface area contributed by atoms with Crippen LogP contribution in [0.2, 0.25) is 0 Å². The van der Waals surface area contributed by atoms with Crippen molar-refractivity contribution in [2.75, 3.05) is 24.5 Å². The van der Waals surface area contributed by atoms with Gasteiger partial charge in [0.05, 0.1) is 30.2 Å². The van der Waals surface area contributed by atoms with E-state index in [2.05, 4.69) is 20.2 Å². The molecule has 3 heterocycles. The lowest BCUT2D eigenvalue weighted by Crippen LogP contribution is -2.36. The van der Waals surface area contributed by atoms with Gasteiger partial charge in [-0.05, 0) is 32.2 Å². The summed E-state index contributed by atoms with van der Waals surface area (Å²) in [7, 11) is 0. The molecule has 2 aliphatic heterocycles. The van der Waals surface area contributed by atoms with E-state index < -0.39 is 0 Å². The maximum atomic E-state index is 9.49. The average Bonchev–Trinajstić information content (AvgIpc) is 2.94. The fourth-order valence-electron chi connectivity index (χ4n) is 2.71. The summed E-state index contributed by atoms with van der Waals surface area (Å²) in [6, 6.07) is 0.384. The Labute approximate surface area is 107 Å². The highest BCUT2D eigenvalue weighted by molar-refractivity contribution is 5.36. The Morgan fingerprint density at radius 2 is 2.00 bits per heavy atom. The molecule has 2 N–H and O–H groups in total. The molecular weight excluding hydrogens is 228 g/mol. The third kappa shape index (κ3) is 2.47. The summed E-state index contributed by atoms with van der Waals surface area (Å²) < 4.78 is 0. The lowest BCUT2D eigenvalue weighted by Gasteiger charge is -2.30. The van der Waals surface area contributed by atoms with Crippen LogP contribution >= 0.6 is 0 Å². The van der Waals surface area contributed by atoms with E-state index >= 15 is 0 Å². The van der Waals surface area contributed by atoms with Crippen molar-refractivity contribution < 1.29 is 5.11 Å². The Hall–Kier alpha value is -1.20. The lowest BCUT2D eigenvalue weighted by atomic mass is 10.1. The second kappa shape index (κ2) is 5.20. The van der Waals surface area contributed by atoms with Crippen LogP contribution in [-0.2, 0) is 0 Å². The van der Waals surface area contributed by atoms with Crippen molar-refractivity contribution in [1.29, 1.82) is 0 Å². The molecule has 2 saturated heterocycles. The maximum Gasteiger partial charge on any atom is 0.147 e. The standard InChI is InChI=1S/C13H20N4O/c18-10-3-6-17(7-4-10)13-9-15-12(8-16-13)11-2-1-5-14-11/h8-11,14,18H,1-7H2/t11-/m1/s1. The van der Waals surface area contributed by atoms with Crippen LogP contribution in [0.3, 0.4) is 0 Å². The van der Waals surface area contributed by atoms with Crippen LogP contribution in [0, 0.1) is 0 Å². The van der Waals surface area contributed by atoms with Crippen molar-refractivity contribution in [3.63, 3.8) is 0 Å². The van der Waals surface area contributed by atoms with Crippen LogP contribution < -0.4 is 10.2 Å². The zero-order valence-electron chi connectivity index (χ0n) is 10.5. The minimum Gasteiger partial charge on any atom is -0.393 e. The van der Waals surface area contributed by atoms with Crippen LogP contribution in [0.25, 0.3) is 0 Å². The molecule has 0 spiro atoms. The van der Waals surface area contributed by atoms with Crippen LogP contribution in [0.1, 0.15) is 37.4 Å². The predicted molar refractivity (Wildman–Crippen MR) is 69.5 cm³/mol. The number of aromatic nitrogens is 2. The van der Waals surface area contributed by atoms with E-state index in [0.717, 1.165) is 50.4 Å². The number of nitrogens with zero attached hydrogens (tertiary/aromatic N) is 3. The number of anilines is 1. The molecule has 2 aliphatic rings. The molecule has 18 heavy (non-hydrogen) atoms. The number of aliphatic hydroxyl groups excluding tert-OH is 1. The number of nitrogens with one attached hydrogen (secondary N) is 1. The third-order valence-electron chi connectivity index (χ3n) is 3.86. The molecule has 5 heteroatoms. The van der Waals surface area contributed by atoms with E-state index in [4.69, 9.17) is 0 Å². The summed E-state index contributed by atoms with van der Waals surface area (Å²) in [6.45, 7) is 2.83. The highest BCUT2D eigenvalue weighted by atomic mass is 16.3. The van der Waals surface area contributed by atoms with Gasteiger partial charge in [-0.25, -0.2) is 4.98 Å². The minimum absolute atomic E-state index is 0.142. The van der Waals surface area contributed by atoms with Gasteiger partial charge in [0, 0.05) is 13.1 Å². The number of hydrogen-bond acceptors (Lipinski definition) is 5. The summed E-state index contributed by atoms with van der Waals surface area (Å²) in [5.74, 6) is 0.934. The fraction of sp³-hybridized carbons (Fsp3) is 0.692. The van der Waals surface area contributed by atoms with Crippen LogP contribution in [0.15, 0.2) is 12.4 Å². The molecule has 1 atom stereocenters. The molecule has 0 amide bonds. The average molecular weight is 248 g/mol. The summed E-state index contributed by atoms with van der Waals surface area (Å²) in [5.41, 5.74) is 1.05. The van der Waals surface area contributed by atoms with Gasteiger partial charge >= 0.3 is 0 Å². The van der Waals surface area contributed by atoms with Gasteiger partial charge in [0.25, 0.3) is 0 Å². The van der Waals surface area contributed by atoms with Crippen molar-refractivity contribution in [1.82, 2.24) is 15.3 Å². The first kappa shape index (κ1) is 11.9. The highest BCUT2D eigenvalue weighted by Crippen LogP contribution is 2.22. The monoisotopic (exact) mass is 248 g/mol. The van der Waals surface area contributed by atoms with Crippen LogP contribution in [0.4, 0.5) is 5.82 Å². The van der Waals surface area contributed by atoms with E-state index in [1.165, 1.54) is 6.42 Å². The van der Waals surface area contributed by atoms with E-state index in [-0.39, 0.29) is 6.10 Å². The summed E-state index contributed by atoms with van der Waals surface area (Å²) in [5, 5.41) is 12.9. The highest BCUT2D eigenvalue weighted by Gasteiger charge is 2.20. The van der Waals surface area contributed by atoms with Crippen LogP contribution in [-0.4, -0.2) is 40.8 Å². The summed E-state index contributed by atoms with van der Waals surface area (Å²) in [4.78, 5) is 11.2. The van der Waals surface area contributed by atoms with Gasteiger partial charge in [-0.3, -0.25) is 4.98 Å². The summed E-state index contributed by atoms with van der Waals surface area (Å²) >= 11 is 0. The van der Waals surface area contributed by atoms with E-state index in [1.54, 1.807) is 0 Å². The normalized spacial score (nSPS) is 25.6. The number of hydrogen-bond donors (Lipinski definition) is 2. The third-order valence-corrected chi connectivity index (χ3v) is 3.86. The number of rotatable bonds is 2. The Bertz CT molecular complexity index is 380. The van der Waals surface area contributed by atoms with Crippen molar-refractivity contribution in [2.24, 2.45) is 0 Å². The van der Waals surface area contributed by atoms with E-state index in [1.807, 2.05) is 12.4 Å². The van der Waals surface area contributed by atoms with Gasteiger partial charge in [-0.2, -0.15) is 0 Å². The maximum absolute atomic E-state index is 9.49. The second-order valence-corrected chi connectivity index (χ2v) is 5.17. The molecule has 0 saturated carbocycles. The van der Waals surface area contributed by atoms with E-state index in [9.17, 15) is 5.11 Å². The zero-order chi connectivity index (χ0) is 12.4. The Kier molecular flexibility index (Phi) is 3.43. The minimum atomic E-state index is -0.142. The SMILES string of the molecule is OC1CCN(c2cnc([C@H]3CCCN3)cn2)CC1. The van der Waals surface area contributed by atoms with Gasteiger partial charge in [0.15, 0.2) is 0 Å². The molecule has 0 aliphatic carbocycles. The van der Waals surface area contributed by atoms with Gasteiger partial charge in [-0.15, -0.1) is 0 Å². The first-order valence-corrected chi connectivity index (χ1v) is 6.81. The molecule has 3 rings (SSSR count).